The summed E-state index contributed by atoms with van der Waals surface area (Å²) in [4.78, 5) is 7.40. The number of benzene rings is 1. The molecule has 5 nitrogen and oxygen atoms in total. The van der Waals surface area contributed by atoms with Gasteiger partial charge in [0.1, 0.15) is 16.7 Å². The van der Waals surface area contributed by atoms with Gasteiger partial charge in [0.05, 0.1) is 17.1 Å². The number of fused-ring (bicyclic) bond motifs is 1. The van der Waals surface area contributed by atoms with Crippen LogP contribution in [0.1, 0.15) is 41.3 Å². The maximum Gasteiger partial charge on any atom is 0.129 e. The van der Waals surface area contributed by atoms with E-state index in [0.29, 0.717) is 16.8 Å². The highest BCUT2D eigenvalue weighted by molar-refractivity contribution is 7.17. The number of anilines is 1. The molecule has 0 aliphatic carbocycles. The summed E-state index contributed by atoms with van der Waals surface area (Å²) in [6, 6.07) is 7.60. The lowest BCUT2D eigenvalue weighted by molar-refractivity contribution is 0.0807. The predicted octanol–water partition coefficient (Wildman–Crippen LogP) is 5.12. The Kier molecular flexibility index (Phi) is 6.05. The fourth-order valence-electron chi connectivity index (χ4n) is 3.69. The smallest absolute Gasteiger partial charge is 0.129 e. The van der Waals surface area contributed by atoms with Crippen molar-refractivity contribution in [3.63, 3.8) is 0 Å². The fourth-order valence-corrected chi connectivity index (χ4v) is 5.06. The van der Waals surface area contributed by atoms with Gasteiger partial charge in [-0.2, -0.15) is 0 Å². The number of halogens is 1. The standard InChI is InChI=1S/C23H23ClN4OS/c1-14-19(8-3-16-9-11-29-12-10-16)30-23-21(14)22(17-4-6-18(24)7-5-17)27-13-20(26)28(23)15(2)25/h4-7,16,25-26H,9-13H2,1-2H3. The van der Waals surface area contributed by atoms with E-state index in [2.05, 4.69) is 18.8 Å². The van der Waals surface area contributed by atoms with Gasteiger partial charge < -0.3 is 4.74 Å². The van der Waals surface area contributed by atoms with E-state index in [-0.39, 0.29) is 12.4 Å². The number of rotatable bonds is 1. The van der Waals surface area contributed by atoms with Crippen molar-refractivity contribution in [1.82, 2.24) is 0 Å². The molecule has 0 saturated carbocycles. The first-order chi connectivity index (χ1) is 14.5. The fraction of sp³-hybridized carbons (Fsp3) is 0.348. The SMILES string of the molecule is CC(=N)N1C(=N)CN=C(c2ccc(Cl)cc2)c2c1sc(C#CC1CCOCC1)c2C. The van der Waals surface area contributed by atoms with Crippen molar-refractivity contribution in [1.29, 1.82) is 10.8 Å². The van der Waals surface area contributed by atoms with E-state index in [1.54, 1.807) is 11.8 Å². The Balaban J connectivity index is 1.84. The van der Waals surface area contributed by atoms with Crippen LogP contribution in [0.25, 0.3) is 0 Å². The minimum atomic E-state index is 0.220. The molecular formula is C23H23ClN4OS. The molecule has 0 unspecified atom stereocenters. The maximum absolute atomic E-state index is 8.49. The van der Waals surface area contributed by atoms with Crippen LogP contribution in [0, 0.1) is 35.5 Å². The zero-order valence-corrected chi connectivity index (χ0v) is 18.6. The molecule has 2 aliphatic rings. The van der Waals surface area contributed by atoms with Gasteiger partial charge in [-0.1, -0.05) is 35.6 Å². The van der Waals surface area contributed by atoms with Crippen LogP contribution in [0.15, 0.2) is 29.3 Å². The van der Waals surface area contributed by atoms with E-state index in [1.165, 1.54) is 11.3 Å². The number of hydrogen-bond donors (Lipinski definition) is 2. The lowest BCUT2D eigenvalue weighted by Crippen LogP contribution is -2.35. The van der Waals surface area contributed by atoms with Crippen molar-refractivity contribution in [2.45, 2.75) is 26.7 Å². The van der Waals surface area contributed by atoms with Crippen LogP contribution < -0.4 is 4.90 Å². The summed E-state index contributed by atoms with van der Waals surface area (Å²) >= 11 is 7.62. The van der Waals surface area contributed by atoms with Crippen LogP contribution in [0.2, 0.25) is 5.02 Å². The third-order valence-corrected chi connectivity index (χ3v) is 6.73. The topological polar surface area (TPSA) is 72.5 Å². The van der Waals surface area contributed by atoms with Crippen molar-refractivity contribution in [3.8, 4) is 11.8 Å². The zero-order chi connectivity index (χ0) is 21.3. The second-order valence-corrected chi connectivity index (χ2v) is 8.87. The summed E-state index contributed by atoms with van der Waals surface area (Å²) in [5.41, 5.74) is 3.77. The van der Waals surface area contributed by atoms with Gasteiger partial charge in [0, 0.05) is 35.3 Å². The summed E-state index contributed by atoms with van der Waals surface area (Å²) in [5, 5.41) is 18.3. The lowest BCUT2D eigenvalue weighted by atomic mass is 9.98. The molecular weight excluding hydrogens is 416 g/mol. The maximum atomic E-state index is 8.49. The Labute approximate surface area is 185 Å². The quantitative estimate of drug-likeness (QED) is 0.368. The van der Waals surface area contributed by atoms with Crippen LogP contribution >= 0.6 is 22.9 Å². The highest BCUT2D eigenvalue weighted by Crippen LogP contribution is 2.39. The Morgan fingerprint density at radius 2 is 1.97 bits per heavy atom. The molecule has 3 heterocycles. The minimum Gasteiger partial charge on any atom is -0.381 e. The second-order valence-electron chi connectivity index (χ2n) is 7.43. The van der Waals surface area contributed by atoms with Gasteiger partial charge in [-0.3, -0.25) is 20.7 Å². The molecule has 154 valence electrons. The number of amidine groups is 2. The first kappa shape index (κ1) is 20.8. The Morgan fingerprint density at radius 1 is 1.27 bits per heavy atom. The van der Waals surface area contributed by atoms with E-state index in [0.717, 1.165) is 58.3 Å². The summed E-state index contributed by atoms with van der Waals surface area (Å²) in [5.74, 6) is 7.75. The van der Waals surface area contributed by atoms with Gasteiger partial charge in [-0.15, -0.1) is 11.3 Å². The number of nitrogens with one attached hydrogen (secondary N) is 2. The Bertz CT molecular complexity index is 1080. The number of ether oxygens (including phenoxy) is 1. The van der Waals surface area contributed by atoms with Crippen LogP contribution in [-0.4, -0.2) is 37.1 Å². The van der Waals surface area contributed by atoms with Gasteiger partial charge in [-0.25, -0.2) is 0 Å². The molecule has 0 amide bonds. The predicted molar refractivity (Wildman–Crippen MR) is 125 cm³/mol. The summed E-state index contributed by atoms with van der Waals surface area (Å²) < 4.78 is 5.44. The molecule has 2 N–H and O–H groups in total. The average molecular weight is 439 g/mol. The largest absolute Gasteiger partial charge is 0.381 e. The first-order valence-corrected chi connectivity index (χ1v) is 11.1. The minimum absolute atomic E-state index is 0.220. The molecule has 0 bridgehead atoms. The third-order valence-electron chi connectivity index (χ3n) is 5.29. The third kappa shape index (κ3) is 4.06. The number of aliphatic imine (C=N–C) groups is 1. The monoisotopic (exact) mass is 438 g/mol. The second kappa shape index (κ2) is 8.73. The molecule has 4 rings (SSSR count). The van der Waals surface area contributed by atoms with Gasteiger partial charge in [0.2, 0.25) is 0 Å². The van der Waals surface area contributed by atoms with Crippen LogP contribution in [0.3, 0.4) is 0 Å². The van der Waals surface area contributed by atoms with Crippen molar-refractivity contribution in [3.05, 3.63) is 50.9 Å². The molecule has 0 radical (unpaired) electrons. The molecule has 1 fully saturated rings. The van der Waals surface area contributed by atoms with Gasteiger partial charge >= 0.3 is 0 Å². The number of hydrogen-bond acceptors (Lipinski definition) is 5. The van der Waals surface area contributed by atoms with Crippen LogP contribution in [0.4, 0.5) is 5.00 Å². The van der Waals surface area contributed by atoms with Crippen LogP contribution in [-0.2, 0) is 4.74 Å². The number of thiophene rings is 1. The molecule has 2 aromatic rings. The Hall–Kier alpha value is -2.46. The van der Waals surface area contributed by atoms with E-state index < -0.39 is 0 Å². The van der Waals surface area contributed by atoms with Crippen molar-refractivity contribution < 1.29 is 4.74 Å². The molecule has 1 saturated heterocycles. The number of nitrogens with zero attached hydrogens (tertiary/aromatic N) is 2. The van der Waals surface area contributed by atoms with Crippen molar-refractivity contribution >= 4 is 45.3 Å². The van der Waals surface area contributed by atoms with E-state index in [1.807, 2.05) is 24.3 Å². The van der Waals surface area contributed by atoms with Gasteiger partial charge in [0.15, 0.2) is 0 Å². The molecule has 1 aromatic heterocycles. The van der Waals surface area contributed by atoms with E-state index in [9.17, 15) is 0 Å². The zero-order valence-electron chi connectivity index (χ0n) is 17.0. The summed E-state index contributed by atoms with van der Waals surface area (Å²) in [6.07, 6.45) is 1.93. The normalized spacial score (nSPS) is 17.0. The van der Waals surface area contributed by atoms with Crippen molar-refractivity contribution in [2.24, 2.45) is 10.9 Å². The van der Waals surface area contributed by atoms with Crippen molar-refractivity contribution in [2.75, 3.05) is 24.7 Å². The van der Waals surface area contributed by atoms with E-state index >= 15 is 0 Å². The molecule has 2 aliphatic heterocycles. The van der Waals surface area contributed by atoms with E-state index in [4.69, 9.17) is 32.1 Å². The molecule has 0 atom stereocenters. The Morgan fingerprint density at radius 3 is 2.63 bits per heavy atom. The summed E-state index contributed by atoms with van der Waals surface area (Å²) in [7, 11) is 0. The highest BCUT2D eigenvalue weighted by atomic mass is 35.5. The van der Waals surface area contributed by atoms with Gasteiger partial charge in [0.25, 0.3) is 0 Å². The van der Waals surface area contributed by atoms with Gasteiger partial charge in [-0.05, 0) is 44.4 Å². The highest BCUT2D eigenvalue weighted by Gasteiger charge is 2.29. The first-order valence-electron chi connectivity index (χ1n) is 9.92. The lowest BCUT2D eigenvalue weighted by Gasteiger charge is -2.20. The van der Waals surface area contributed by atoms with Crippen LogP contribution in [0.5, 0.6) is 0 Å². The summed E-state index contributed by atoms with van der Waals surface area (Å²) in [6.45, 7) is 5.52. The average Bonchev–Trinajstić information content (AvgIpc) is 2.95. The molecule has 30 heavy (non-hydrogen) atoms. The molecule has 7 heteroatoms. The molecule has 0 spiro atoms. The molecule has 1 aromatic carbocycles.